The fraction of sp³-hybridized carbons (Fsp3) is 0.263. The lowest BCUT2D eigenvalue weighted by molar-refractivity contribution is -0.134. The molecule has 0 radical (unpaired) electrons. The molecular formula is C19H22N4O5. The van der Waals surface area contributed by atoms with E-state index >= 15 is 0 Å². The molecular weight excluding hydrogens is 364 g/mol. The lowest BCUT2D eigenvalue weighted by Gasteiger charge is -2.35. The Balaban J connectivity index is 0.000000300. The van der Waals surface area contributed by atoms with Gasteiger partial charge in [0.05, 0.1) is 12.1 Å². The summed E-state index contributed by atoms with van der Waals surface area (Å²) in [6, 6.07) is 12.2. The maximum atomic E-state index is 11.6. The van der Waals surface area contributed by atoms with E-state index in [2.05, 4.69) is 22.0 Å². The highest BCUT2D eigenvalue weighted by Gasteiger charge is 2.20. The topological polar surface area (TPSA) is 137 Å². The molecule has 0 spiro atoms. The van der Waals surface area contributed by atoms with Crippen molar-refractivity contribution in [2.45, 2.75) is 0 Å². The second-order valence-corrected chi connectivity index (χ2v) is 5.94. The van der Waals surface area contributed by atoms with Crippen LogP contribution in [-0.2, 0) is 14.4 Å². The molecule has 9 heteroatoms. The van der Waals surface area contributed by atoms with Crippen LogP contribution in [0.2, 0.25) is 0 Å². The molecule has 1 saturated heterocycles. The average molecular weight is 386 g/mol. The zero-order chi connectivity index (χ0) is 20.5. The Morgan fingerprint density at radius 3 is 2.14 bits per heavy atom. The molecule has 0 aliphatic carbocycles. The normalized spacial score (nSPS) is 13.9. The molecule has 1 aliphatic heterocycles. The first-order chi connectivity index (χ1) is 13.4. The van der Waals surface area contributed by atoms with Crippen molar-refractivity contribution in [2.75, 3.05) is 37.6 Å². The van der Waals surface area contributed by atoms with Crippen molar-refractivity contribution in [3.63, 3.8) is 0 Å². The number of anilines is 1. The van der Waals surface area contributed by atoms with Gasteiger partial charge in [0.15, 0.2) is 0 Å². The van der Waals surface area contributed by atoms with E-state index in [1.54, 1.807) is 0 Å². The number of nitrogens with two attached hydrogens (primary N) is 1. The van der Waals surface area contributed by atoms with Gasteiger partial charge in [-0.3, -0.25) is 4.79 Å². The third-order valence-corrected chi connectivity index (χ3v) is 4.08. The number of aliphatic carboxylic acids is 2. The summed E-state index contributed by atoms with van der Waals surface area (Å²) in [6.45, 7) is 3.12. The molecule has 1 aromatic heterocycles. The van der Waals surface area contributed by atoms with Crippen molar-refractivity contribution >= 4 is 34.6 Å². The monoisotopic (exact) mass is 386 g/mol. The molecule has 1 fully saturated rings. The van der Waals surface area contributed by atoms with Gasteiger partial charge in [-0.25, -0.2) is 14.6 Å². The van der Waals surface area contributed by atoms with Gasteiger partial charge in [-0.15, -0.1) is 0 Å². The van der Waals surface area contributed by atoms with Gasteiger partial charge in [-0.2, -0.15) is 0 Å². The minimum Gasteiger partial charge on any atom is -0.478 e. The smallest absolute Gasteiger partial charge is 0.328 e. The van der Waals surface area contributed by atoms with Crippen LogP contribution in [0.3, 0.4) is 0 Å². The van der Waals surface area contributed by atoms with Gasteiger partial charge in [0.1, 0.15) is 5.82 Å². The number of carboxylic acid groups (broad SMARTS) is 2. The number of fused-ring (bicyclic) bond motifs is 1. The number of pyridine rings is 1. The highest BCUT2D eigenvalue weighted by Crippen LogP contribution is 2.19. The van der Waals surface area contributed by atoms with Crippen LogP contribution in [0.5, 0.6) is 0 Å². The SMILES string of the molecule is NCC(=O)N1CCN(c2ccc3ccccc3n2)CC1.O=C(O)/C=C\C(=O)O. The van der Waals surface area contributed by atoms with E-state index in [0.717, 1.165) is 29.8 Å². The number of carbonyl (C=O) groups is 3. The minimum atomic E-state index is -1.26. The van der Waals surface area contributed by atoms with Crippen LogP contribution in [0.25, 0.3) is 10.9 Å². The van der Waals surface area contributed by atoms with Crippen LogP contribution in [-0.4, -0.2) is 70.7 Å². The molecule has 2 aromatic rings. The number of amides is 1. The van der Waals surface area contributed by atoms with Crippen molar-refractivity contribution in [3.8, 4) is 0 Å². The third kappa shape index (κ3) is 6.06. The van der Waals surface area contributed by atoms with Gasteiger partial charge < -0.3 is 25.7 Å². The molecule has 1 aromatic carbocycles. The number of hydrogen-bond donors (Lipinski definition) is 3. The first-order valence-electron chi connectivity index (χ1n) is 8.63. The second kappa shape index (κ2) is 10.0. The van der Waals surface area contributed by atoms with Gasteiger partial charge in [-0.1, -0.05) is 18.2 Å². The van der Waals surface area contributed by atoms with Gasteiger partial charge in [0.25, 0.3) is 0 Å². The summed E-state index contributed by atoms with van der Waals surface area (Å²) < 4.78 is 0. The predicted octanol–water partition coefficient (Wildman–Crippen LogP) is 0.554. The van der Waals surface area contributed by atoms with Crippen LogP contribution in [0.4, 0.5) is 5.82 Å². The molecule has 1 aliphatic rings. The summed E-state index contributed by atoms with van der Waals surface area (Å²) in [4.78, 5) is 39.4. The fourth-order valence-corrected chi connectivity index (χ4v) is 2.69. The van der Waals surface area contributed by atoms with Gasteiger partial charge in [0.2, 0.25) is 5.91 Å². The quantitative estimate of drug-likeness (QED) is 0.648. The third-order valence-electron chi connectivity index (χ3n) is 4.08. The zero-order valence-corrected chi connectivity index (χ0v) is 15.2. The molecule has 0 saturated carbocycles. The summed E-state index contributed by atoms with van der Waals surface area (Å²) in [5.41, 5.74) is 6.40. The van der Waals surface area contributed by atoms with Crippen molar-refractivity contribution in [1.82, 2.24) is 9.88 Å². The summed E-state index contributed by atoms with van der Waals surface area (Å²) in [6.07, 6.45) is 1.12. The van der Waals surface area contributed by atoms with Crippen molar-refractivity contribution in [2.24, 2.45) is 5.73 Å². The molecule has 9 nitrogen and oxygen atoms in total. The molecule has 2 heterocycles. The Morgan fingerprint density at radius 2 is 1.57 bits per heavy atom. The Morgan fingerprint density at radius 1 is 0.964 bits per heavy atom. The first-order valence-corrected chi connectivity index (χ1v) is 8.63. The van der Waals surface area contributed by atoms with E-state index in [9.17, 15) is 14.4 Å². The number of nitrogens with zero attached hydrogens (tertiary/aromatic N) is 3. The number of carboxylic acids is 2. The Bertz CT molecular complexity index is 860. The lowest BCUT2D eigenvalue weighted by atomic mass is 10.2. The van der Waals surface area contributed by atoms with Gasteiger partial charge >= 0.3 is 11.9 Å². The van der Waals surface area contributed by atoms with Crippen molar-refractivity contribution in [1.29, 1.82) is 0 Å². The molecule has 3 rings (SSSR count). The average Bonchev–Trinajstić information content (AvgIpc) is 2.72. The van der Waals surface area contributed by atoms with Crippen molar-refractivity contribution < 1.29 is 24.6 Å². The summed E-state index contributed by atoms with van der Waals surface area (Å²) in [5.74, 6) is -1.51. The second-order valence-electron chi connectivity index (χ2n) is 5.94. The summed E-state index contributed by atoms with van der Waals surface area (Å²) in [5, 5.41) is 16.8. The lowest BCUT2D eigenvalue weighted by Crippen LogP contribution is -2.50. The minimum absolute atomic E-state index is 0.0242. The molecule has 0 unspecified atom stereocenters. The molecule has 1 amide bonds. The predicted molar refractivity (Wildman–Crippen MR) is 104 cm³/mol. The highest BCUT2D eigenvalue weighted by molar-refractivity contribution is 5.89. The summed E-state index contributed by atoms with van der Waals surface area (Å²) >= 11 is 0. The number of aromatic nitrogens is 1. The van der Waals surface area contributed by atoms with Crippen LogP contribution in [0.15, 0.2) is 48.6 Å². The number of carbonyl (C=O) groups excluding carboxylic acids is 1. The largest absolute Gasteiger partial charge is 0.478 e. The summed E-state index contributed by atoms with van der Waals surface area (Å²) in [7, 11) is 0. The molecule has 4 N–H and O–H groups in total. The standard InChI is InChI=1S/C15H18N4O.C4H4O4/c16-11-15(20)19-9-7-18(8-10-19)14-6-5-12-3-1-2-4-13(12)17-14;5-3(6)1-2-4(7)8/h1-6H,7-11,16H2;1-2H,(H,5,6)(H,7,8)/b;2-1-. The maximum absolute atomic E-state index is 11.6. The van der Waals surface area contributed by atoms with Crippen molar-refractivity contribution in [3.05, 3.63) is 48.6 Å². The van der Waals surface area contributed by atoms with Gasteiger partial charge in [0, 0.05) is 43.7 Å². The van der Waals surface area contributed by atoms with Crippen LogP contribution >= 0.6 is 0 Å². The Hall–Kier alpha value is -3.46. The van der Waals surface area contributed by atoms with E-state index in [1.807, 2.05) is 29.2 Å². The zero-order valence-electron chi connectivity index (χ0n) is 15.2. The Kier molecular flexibility index (Phi) is 7.46. The van der Waals surface area contributed by atoms with Crippen LogP contribution in [0, 0.1) is 0 Å². The molecule has 148 valence electrons. The fourth-order valence-electron chi connectivity index (χ4n) is 2.69. The molecule has 28 heavy (non-hydrogen) atoms. The van der Waals surface area contributed by atoms with E-state index in [0.29, 0.717) is 25.2 Å². The van der Waals surface area contributed by atoms with Crippen LogP contribution < -0.4 is 10.6 Å². The van der Waals surface area contributed by atoms with E-state index in [4.69, 9.17) is 15.9 Å². The number of piperazine rings is 1. The van der Waals surface area contributed by atoms with Gasteiger partial charge in [-0.05, 0) is 18.2 Å². The number of benzene rings is 1. The molecule has 0 bridgehead atoms. The number of hydrogen-bond acceptors (Lipinski definition) is 6. The maximum Gasteiger partial charge on any atom is 0.328 e. The molecule has 0 atom stereocenters. The first kappa shape index (κ1) is 20.8. The van der Waals surface area contributed by atoms with E-state index in [1.165, 1.54) is 0 Å². The highest BCUT2D eigenvalue weighted by atomic mass is 16.4. The Labute approximate surface area is 161 Å². The number of rotatable bonds is 4. The van der Waals surface area contributed by atoms with Crippen LogP contribution in [0.1, 0.15) is 0 Å². The number of para-hydroxylation sites is 1. The van der Waals surface area contributed by atoms with E-state index < -0.39 is 11.9 Å². The van der Waals surface area contributed by atoms with E-state index in [-0.39, 0.29) is 12.5 Å².